The van der Waals surface area contributed by atoms with Gasteiger partial charge in [-0.3, -0.25) is 9.78 Å². The Morgan fingerprint density at radius 1 is 1.89 bits per heavy atom. The van der Waals surface area contributed by atoms with Gasteiger partial charge in [0.15, 0.2) is 0 Å². The second-order valence-electron chi connectivity index (χ2n) is 1.53. The average molecular weight is 142 g/mol. The van der Waals surface area contributed by atoms with Crippen molar-refractivity contribution >= 4 is 11.5 Å². The fourth-order valence-corrected chi connectivity index (χ4v) is 0.962. The van der Waals surface area contributed by atoms with Crippen LogP contribution in [0.3, 0.4) is 0 Å². The van der Waals surface area contributed by atoms with Crippen molar-refractivity contribution < 1.29 is 0 Å². The van der Waals surface area contributed by atoms with E-state index in [0.29, 0.717) is 12.2 Å². The van der Waals surface area contributed by atoms with Gasteiger partial charge in [0.25, 0.3) is 0 Å². The summed E-state index contributed by atoms with van der Waals surface area (Å²) in [5.74, 6) is 0.694. The van der Waals surface area contributed by atoms with Crippen molar-refractivity contribution in [1.82, 2.24) is 9.36 Å². The Morgan fingerprint density at radius 3 is 3.11 bits per heavy atom. The molecule has 0 aliphatic carbocycles. The number of rotatable bonds is 2. The molecule has 1 aromatic heterocycles. The van der Waals surface area contributed by atoms with Gasteiger partial charge in [-0.2, -0.15) is 4.37 Å². The van der Waals surface area contributed by atoms with Gasteiger partial charge in [0, 0.05) is 18.0 Å². The predicted molar refractivity (Wildman–Crippen MR) is 36.6 cm³/mol. The number of hydrogen-bond donors (Lipinski definition) is 1. The molecule has 0 radical (unpaired) electrons. The van der Waals surface area contributed by atoms with E-state index in [0.717, 1.165) is 11.5 Å². The molecule has 0 aliphatic rings. The minimum Gasteiger partial charge on any atom is -0.299 e. The first-order valence-corrected chi connectivity index (χ1v) is 3.26. The van der Waals surface area contributed by atoms with E-state index in [9.17, 15) is 4.79 Å². The fourth-order valence-electron chi connectivity index (χ4n) is 0.485. The molecule has 4 heteroatoms. The Bertz CT molecular complexity index is 249. The first-order chi connectivity index (χ1) is 4.33. The van der Waals surface area contributed by atoms with Crippen LogP contribution >= 0.6 is 11.5 Å². The first-order valence-electron chi connectivity index (χ1n) is 2.48. The summed E-state index contributed by atoms with van der Waals surface area (Å²) in [6.07, 6.45) is 2.34. The lowest BCUT2D eigenvalue weighted by molar-refractivity contribution is 1.06. The first kappa shape index (κ1) is 6.22. The Morgan fingerprint density at radius 2 is 2.67 bits per heavy atom. The third-order valence-electron chi connectivity index (χ3n) is 0.823. The molecule has 0 aliphatic heterocycles. The zero-order chi connectivity index (χ0) is 6.69. The summed E-state index contributed by atoms with van der Waals surface area (Å²) < 4.78 is 3.81. The molecular weight excluding hydrogens is 136 g/mol. The maximum atomic E-state index is 10.4. The van der Waals surface area contributed by atoms with Gasteiger partial charge in [0.05, 0.1) is 0 Å². The highest BCUT2D eigenvalue weighted by atomic mass is 32.1. The van der Waals surface area contributed by atoms with Gasteiger partial charge in [-0.15, -0.1) is 6.58 Å². The second-order valence-corrected chi connectivity index (χ2v) is 2.27. The summed E-state index contributed by atoms with van der Waals surface area (Å²) in [6, 6.07) is 0. The van der Waals surface area contributed by atoms with E-state index in [4.69, 9.17) is 0 Å². The molecule has 1 rings (SSSR count). The molecule has 0 atom stereocenters. The molecule has 1 heterocycles. The van der Waals surface area contributed by atoms with Crippen LogP contribution in [0, 0.1) is 0 Å². The van der Waals surface area contributed by atoms with Gasteiger partial charge in [-0.05, 0) is 0 Å². The molecule has 0 saturated heterocycles. The summed E-state index contributed by atoms with van der Waals surface area (Å²) in [5, 5.41) is 0. The highest BCUT2D eigenvalue weighted by Crippen LogP contribution is 1.88. The van der Waals surface area contributed by atoms with E-state index in [2.05, 4.69) is 15.9 Å². The van der Waals surface area contributed by atoms with Crippen LogP contribution in [0.15, 0.2) is 17.4 Å². The van der Waals surface area contributed by atoms with E-state index in [1.54, 1.807) is 6.08 Å². The number of hydrogen-bond acceptors (Lipinski definition) is 3. The van der Waals surface area contributed by atoms with E-state index < -0.39 is 0 Å². The normalized spacial score (nSPS) is 9.33. The highest BCUT2D eigenvalue weighted by Gasteiger charge is 1.92. The van der Waals surface area contributed by atoms with E-state index in [1.807, 2.05) is 0 Å². The van der Waals surface area contributed by atoms with Gasteiger partial charge in [-0.25, -0.2) is 0 Å². The van der Waals surface area contributed by atoms with Crippen molar-refractivity contribution in [3.8, 4) is 0 Å². The topological polar surface area (TPSA) is 45.8 Å². The molecule has 0 saturated carbocycles. The Labute approximate surface area is 56.2 Å². The number of aromatic amines is 1. The van der Waals surface area contributed by atoms with Crippen molar-refractivity contribution in [2.45, 2.75) is 6.42 Å². The standard InChI is InChI=1S/C5H6N2OS/c1-2-3-4-6-5(8)9-7-4/h2H,1,3H2,(H,6,7,8). The number of nitrogens with zero attached hydrogens (tertiary/aromatic N) is 1. The molecule has 0 bridgehead atoms. The number of allylic oxidation sites excluding steroid dienone is 1. The minimum atomic E-state index is -0.105. The molecule has 3 nitrogen and oxygen atoms in total. The smallest absolute Gasteiger partial charge is 0.299 e. The maximum Gasteiger partial charge on any atom is 0.323 e. The molecule has 0 spiro atoms. The van der Waals surface area contributed by atoms with Crippen molar-refractivity contribution in [2.75, 3.05) is 0 Å². The van der Waals surface area contributed by atoms with Crippen LogP contribution in [0.2, 0.25) is 0 Å². The predicted octanol–water partition coefficient (Wildman–Crippen LogP) is 0.560. The number of aromatic nitrogens is 2. The van der Waals surface area contributed by atoms with Gasteiger partial charge < -0.3 is 0 Å². The molecule has 48 valence electrons. The summed E-state index contributed by atoms with van der Waals surface area (Å²) in [5.41, 5.74) is 0. The molecule has 0 amide bonds. The van der Waals surface area contributed by atoms with Gasteiger partial charge in [0.1, 0.15) is 5.82 Å². The van der Waals surface area contributed by atoms with E-state index in [-0.39, 0.29) is 4.87 Å². The molecule has 1 aromatic rings. The average Bonchev–Trinajstić information content (AvgIpc) is 2.17. The van der Waals surface area contributed by atoms with Crippen LogP contribution in [0.4, 0.5) is 0 Å². The number of H-pyrrole nitrogens is 1. The van der Waals surface area contributed by atoms with E-state index in [1.165, 1.54) is 0 Å². The monoisotopic (exact) mass is 142 g/mol. The summed E-state index contributed by atoms with van der Waals surface area (Å²) in [7, 11) is 0. The molecule has 0 aromatic carbocycles. The van der Waals surface area contributed by atoms with Crippen LogP contribution < -0.4 is 4.87 Å². The van der Waals surface area contributed by atoms with E-state index >= 15 is 0 Å². The maximum absolute atomic E-state index is 10.4. The third-order valence-corrected chi connectivity index (χ3v) is 1.40. The van der Waals surface area contributed by atoms with Gasteiger partial charge in [-0.1, -0.05) is 6.08 Å². The fraction of sp³-hybridized carbons (Fsp3) is 0.200. The molecule has 0 fully saturated rings. The Balaban J connectivity index is 2.84. The quantitative estimate of drug-likeness (QED) is 0.613. The zero-order valence-corrected chi connectivity index (χ0v) is 5.57. The highest BCUT2D eigenvalue weighted by molar-refractivity contribution is 7.02. The van der Waals surface area contributed by atoms with Crippen LogP contribution in [-0.2, 0) is 6.42 Å². The lowest BCUT2D eigenvalue weighted by Crippen LogP contribution is -1.93. The SMILES string of the molecule is C=CCc1nsc(=O)[nH]1. The number of nitrogens with one attached hydrogen (secondary N) is 1. The van der Waals surface area contributed by atoms with Crippen LogP contribution in [-0.4, -0.2) is 9.36 Å². The molecule has 9 heavy (non-hydrogen) atoms. The van der Waals surface area contributed by atoms with Crippen LogP contribution in [0.5, 0.6) is 0 Å². The Hall–Kier alpha value is -0.900. The third kappa shape index (κ3) is 1.50. The molecular formula is C5H6N2OS. The molecule has 0 unspecified atom stereocenters. The van der Waals surface area contributed by atoms with Gasteiger partial charge >= 0.3 is 4.87 Å². The van der Waals surface area contributed by atoms with Crippen LogP contribution in [0.1, 0.15) is 5.82 Å². The minimum absolute atomic E-state index is 0.105. The van der Waals surface area contributed by atoms with Crippen LogP contribution in [0.25, 0.3) is 0 Å². The van der Waals surface area contributed by atoms with Gasteiger partial charge in [0.2, 0.25) is 0 Å². The van der Waals surface area contributed by atoms with Crippen molar-refractivity contribution in [1.29, 1.82) is 0 Å². The summed E-state index contributed by atoms with van der Waals surface area (Å²) in [6.45, 7) is 3.51. The zero-order valence-electron chi connectivity index (χ0n) is 4.76. The Kier molecular flexibility index (Phi) is 1.79. The summed E-state index contributed by atoms with van der Waals surface area (Å²) in [4.78, 5) is 12.9. The second kappa shape index (κ2) is 2.59. The largest absolute Gasteiger partial charge is 0.323 e. The van der Waals surface area contributed by atoms with Crippen molar-refractivity contribution in [3.05, 3.63) is 28.1 Å². The summed E-state index contributed by atoms with van der Waals surface area (Å²) >= 11 is 0.935. The lowest BCUT2D eigenvalue weighted by Gasteiger charge is -1.80. The van der Waals surface area contributed by atoms with Crippen molar-refractivity contribution in [2.24, 2.45) is 0 Å². The van der Waals surface area contributed by atoms with Crippen molar-refractivity contribution in [3.63, 3.8) is 0 Å². The molecule has 1 N–H and O–H groups in total. The lowest BCUT2D eigenvalue weighted by atomic mass is 10.4.